The minimum Gasteiger partial charge on any atom is -0.478 e. The standard InChI is InChI=1S/C17H22O3/c1-13-3-2-4-16(11-13)20-12-15-7-5-14(6-8-15)9-10-17(18)19/h5-10,13,16H,2-4,11-12H2,1H3,(H,18,19). The fraction of sp³-hybridized carbons (Fsp3) is 0.471. The van der Waals surface area contributed by atoms with Gasteiger partial charge in [-0.1, -0.05) is 44.0 Å². The number of aliphatic carboxylic acids is 1. The molecule has 2 atom stereocenters. The Balaban J connectivity index is 1.83. The Bertz CT molecular complexity index is 462. The maximum absolute atomic E-state index is 10.4. The maximum Gasteiger partial charge on any atom is 0.328 e. The van der Waals surface area contributed by atoms with Gasteiger partial charge in [0.15, 0.2) is 0 Å². The van der Waals surface area contributed by atoms with Crippen molar-refractivity contribution in [2.75, 3.05) is 0 Å². The highest BCUT2D eigenvalue weighted by Gasteiger charge is 2.19. The molecule has 20 heavy (non-hydrogen) atoms. The second-order valence-electron chi connectivity index (χ2n) is 5.62. The largest absolute Gasteiger partial charge is 0.478 e. The van der Waals surface area contributed by atoms with Gasteiger partial charge in [0.25, 0.3) is 0 Å². The molecule has 0 amide bonds. The molecule has 0 bridgehead atoms. The molecule has 0 radical (unpaired) electrons. The van der Waals surface area contributed by atoms with Crippen LogP contribution in [0.2, 0.25) is 0 Å². The van der Waals surface area contributed by atoms with Gasteiger partial charge in [0.1, 0.15) is 0 Å². The number of benzene rings is 1. The van der Waals surface area contributed by atoms with E-state index >= 15 is 0 Å². The van der Waals surface area contributed by atoms with E-state index in [0.717, 1.165) is 23.1 Å². The summed E-state index contributed by atoms with van der Waals surface area (Å²) in [5.74, 6) is -0.152. The van der Waals surface area contributed by atoms with Gasteiger partial charge in [-0.25, -0.2) is 4.79 Å². The second kappa shape index (κ2) is 7.25. The summed E-state index contributed by atoms with van der Waals surface area (Å²) >= 11 is 0. The van der Waals surface area contributed by atoms with Crippen LogP contribution in [0.15, 0.2) is 30.3 Å². The normalized spacial score (nSPS) is 23.1. The third-order valence-corrected chi connectivity index (χ3v) is 3.77. The fourth-order valence-electron chi connectivity index (χ4n) is 2.64. The van der Waals surface area contributed by atoms with Gasteiger partial charge in [-0.3, -0.25) is 0 Å². The minimum absolute atomic E-state index is 0.394. The summed E-state index contributed by atoms with van der Waals surface area (Å²) in [6.45, 7) is 2.93. The van der Waals surface area contributed by atoms with Gasteiger partial charge in [-0.2, -0.15) is 0 Å². The van der Waals surface area contributed by atoms with E-state index in [1.54, 1.807) is 6.08 Å². The van der Waals surface area contributed by atoms with Crippen LogP contribution in [-0.2, 0) is 16.1 Å². The highest BCUT2D eigenvalue weighted by Crippen LogP contribution is 2.26. The molecule has 0 aliphatic heterocycles. The molecular formula is C17H22O3. The Morgan fingerprint density at radius 1 is 1.35 bits per heavy atom. The monoisotopic (exact) mass is 274 g/mol. The predicted molar refractivity (Wildman–Crippen MR) is 79.3 cm³/mol. The van der Waals surface area contributed by atoms with E-state index in [9.17, 15) is 4.79 Å². The first-order valence-corrected chi connectivity index (χ1v) is 7.25. The molecule has 108 valence electrons. The molecule has 1 aliphatic carbocycles. The first-order chi connectivity index (χ1) is 9.63. The number of carbonyl (C=O) groups is 1. The van der Waals surface area contributed by atoms with E-state index in [1.165, 1.54) is 25.7 Å². The third kappa shape index (κ3) is 4.82. The number of carboxylic acid groups (broad SMARTS) is 1. The first-order valence-electron chi connectivity index (χ1n) is 7.25. The van der Waals surface area contributed by atoms with Crippen molar-refractivity contribution in [3.05, 3.63) is 41.5 Å². The van der Waals surface area contributed by atoms with Crippen molar-refractivity contribution in [1.82, 2.24) is 0 Å². The van der Waals surface area contributed by atoms with Crippen LogP contribution < -0.4 is 0 Å². The fourth-order valence-corrected chi connectivity index (χ4v) is 2.64. The van der Waals surface area contributed by atoms with E-state index in [-0.39, 0.29) is 0 Å². The molecule has 1 N–H and O–H groups in total. The van der Waals surface area contributed by atoms with Crippen LogP contribution in [0, 0.1) is 5.92 Å². The van der Waals surface area contributed by atoms with E-state index in [4.69, 9.17) is 9.84 Å². The SMILES string of the molecule is CC1CCCC(OCc2ccc(C=CC(=O)O)cc2)C1. The van der Waals surface area contributed by atoms with E-state index in [2.05, 4.69) is 6.92 Å². The molecule has 0 spiro atoms. The summed E-state index contributed by atoms with van der Waals surface area (Å²) in [6.07, 6.45) is 8.06. The van der Waals surface area contributed by atoms with Crippen molar-refractivity contribution in [3.8, 4) is 0 Å². The minimum atomic E-state index is -0.927. The highest BCUT2D eigenvalue weighted by atomic mass is 16.5. The summed E-state index contributed by atoms with van der Waals surface area (Å²) in [6, 6.07) is 7.82. The van der Waals surface area contributed by atoms with Gasteiger partial charge in [-0.15, -0.1) is 0 Å². The molecule has 1 aromatic carbocycles. The molecule has 1 aromatic rings. The lowest BCUT2D eigenvalue weighted by atomic mass is 9.89. The molecule has 0 heterocycles. The topological polar surface area (TPSA) is 46.5 Å². The van der Waals surface area contributed by atoms with Crippen LogP contribution in [0.3, 0.4) is 0 Å². The van der Waals surface area contributed by atoms with Crippen LogP contribution in [0.25, 0.3) is 6.08 Å². The summed E-state index contributed by atoms with van der Waals surface area (Å²) in [5.41, 5.74) is 2.03. The Morgan fingerprint density at radius 3 is 2.75 bits per heavy atom. The number of hydrogen-bond acceptors (Lipinski definition) is 2. The average molecular weight is 274 g/mol. The van der Waals surface area contributed by atoms with Crippen LogP contribution in [0.1, 0.15) is 43.7 Å². The summed E-state index contributed by atoms with van der Waals surface area (Å²) in [7, 11) is 0. The summed E-state index contributed by atoms with van der Waals surface area (Å²) in [5, 5.41) is 8.57. The molecule has 2 rings (SSSR count). The molecule has 3 heteroatoms. The highest BCUT2D eigenvalue weighted by molar-refractivity contribution is 5.85. The van der Waals surface area contributed by atoms with Crippen molar-refractivity contribution in [3.63, 3.8) is 0 Å². The zero-order chi connectivity index (χ0) is 14.4. The van der Waals surface area contributed by atoms with Gasteiger partial charge in [0.2, 0.25) is 0 Å². The molecule has 2 unspecified atom stereocenters. The zero-order valence-electron chi connectivity index (χ0n) is 11.9. The van der Waals surface area contributed by atoms with Crippen LogP contribution in [0.5, 0.6) is 0 Å². The van der Waals surface area contributed by atoms with E-state index < -0.39 is 5.97 Å². The molecule has 0 saturated heterocycles. The third-order valence-electron chi connectivity index (χ3n) is 3.77. The lowest BCUT2D eigenvalue weighted by Crippen LogP contribution is -2.21. The van der Waals surface area contributed by atoms with Gasteiger partial charge in [0, 0.05) is 6.08 Å². The average Bonchev–Trinajstić information content (AvgIpc) is 2.44. The van der Waals surface area contributed by atoms with E-state index in [1.807, 2.05) is 24.3 Å². The van der Waals surface area contributed by atoms with Crippen molar-refractivity contribution in [2.24, 2.45) is 5.92 Å². The van der Waals surface area contributed by atoms with E-state index in [0.29, 0.717) is 12.7 Å². The smallest absolute Gasteiger partial charge is 0.328 e. The molecular weight excluding hydrogens is 252 g/mol. The van der Waals surface area contributed by atoms with Crippen LogP contribution >= 0.6 is 0 Å². The molecule has 1 saturated carbocycles. The molecule has 0 aromatic heterocycles. The quantitative estimate of drug-likeness (QED) is 0.829. The Labute approximate surface area is 120 Å². The number of hydrogen-bond donors (Lipinski definition) is 1. The summed E-state index contributed by atoms with van der Waals surface area (Å²) in [4.78, 5) is 10.4. The van der Waals surface area contributed by atoms with Crippen molar-refractivity contribution in [2.45, 2.75) is 45.3 Å². The maximum atomic E-state index is 10.4. The van der Waals surface area contributed by atoms with Crippen molar-refractivity contribution < 1.29 is 14.6 Å². The van der Waals surface area contributed by atoms with Gasteiger partial charge < -0.3 is 9.84 Å². The zero-order valence-corrected chi connectivity index (χ0v) is 11.9. The first kappa shape index (κ1) is 14.8. The van der Waals surface area contributed by atoms with Crippen molar-refractivity contribution >= 4 is 12.0 Å². The Hall–Kier alpha value is -1.61. The molecule has 3 nitrogen and oxygen atoms in total. The van der Waals surface area contributed by atoms with Crippen LogP contribution in [-0.4, -0.2) is 17.2 Å². The number of rotatable bonds is 5. The van der Waals surface area contributed by atoms with Gasteiger partial charge in [-0.05, 0) is 36.0 Å². The second-order valence-corrected chi connectivity index (χ2v) is 5.62. The van der Waals surface area contributed by atoms with Crippen LogP contribution in [0.4, 0.5) is 0 Å². The lowest BCUT2D eigenvalue weighted by molar-refractivity contribution is -0.131. The Morgan fingerprint density at radius 2 is 2.10 bits per heavy atom. The number of ether oxygens (including phenoxy) is 1. The molecule has 1 aliphatic rings. The Kier molecular flexibility index (Phi) is 5.36. The summed E-state index contributed by atoms with van der Waals surface area (Å²) < 4.78 is 5.97. The van der Waals surface area contributed by atoms with Gasteiger partial charge in [0.05, 0.1) is 12.7 Å². The number of carboxylic acids is 1. The van der Waals surface area contributed by atoms with Gasteiger partial charge >= 0.3 is 5.97 Å². The predicted octanol–water partition coefficient (Wildman–Crippen LogP) is 3.88. The lowest BCUT2D eigenvalue weighted by Gasteiger charge is -2.26. The van der Waals surface area contributed by atoms with Crippen molar-refractivity contribution in [1.29, 1.82) is 0 Å². The molecule has 1 fully saturated rings.